The van der Waals surface area contributed by atoms with Crippen LogP contribution >= 0.6 is 0 Å². The Kier molecular flexibility index (Phi) is 4.36. The van der Waals surface area contributed by atoms with Crippen LogP contribution in [0.5, 0.6) is 0 Å². The zero-order valence-electron chi connectivity index (χ0n) is 10.0. The summed E-state index contributed by atoms with van der Waals surface area (Å²) in [7, 11) is 0. The third kappa shape index (κ3) is 4.49. The first kappa shape index (κ1) is 14.8. The predicted octanol–water partition coefficient (Wildman–Crippen LogP) is 2.15. The van der Waals surface area contributed by atoms with Gasteiger partial charge in [0.15, 0.2) is 0 Å². The molecule has 0 aliphatic rings. The largest absolute Gasteiger partial charge is 0.416 e. The maximum absolute atomic E-state index is 12.4. The van der Waals surface area contributed by atoms with E-state index in [2.05, 4.69) is 10.6 Å². The summed E-state index contributed by atoms with van der Waals surface area (Å²) in [6.45, 7) is 1.48. The Balaban J connectivity index is 2.73. The minimum absolute atomic E-state index is 0.00285. The maximum Gasteiger partial charge on any atom is 0.416 e. The lowest BCUT2D eigenvalue weighted by Gasteiger charge is -2.14. The Labute approximate surface area is 107 Å². The molecule has 0 saturated carbocycles. The van der Waals surface area contributed by atoms with E-state index in [-0.39, 0.29) is 11.5 Å². The fraction of sp³-hybridized carbons (Fsp3) is 0.273. The van der Waals surface area contributed by atoms with Crippen LogP contribution in [0, 0.1) is 5.41 Å². The molecular formula is C11H13F3N4O. The van der Waals surface area contributed by atoms with E-state index in [1.54, 1.807) is 0 Å². The minimum Gasteiger partial charge on any atom is -0.386 e. The zero-order chi connectivity index (χ0) is 14.6. The van der Waals surface area contributed by atoms with Crippen LogP contribution in [0.2, 0.25) is 0 Å². The molecule has 0 aliphatic carbocycles. The van der Waals surface area contributed by atoms with Crippen molar-refractivity contribution in [3.8, 4) is 0 Å². The van der Waals surface area contributed by atoms with Crippen molar-refractivity contribution in [1.29, 1.82) is 5.41 Å². The van der Waals surface area contributed by atoms with Gasteiger partial charge in [0.2, 0.25) is 0 Å². The summed E-state index contributed by atoms with van der Waals surface area (Å²) in [6.07, 6.45) is -4.47. The highest BCUT2D eigenvalue weighted by Crippen LogP contribution is 2.30. The lowest BCUT2D eigenvalue weighted by molar-refractivity contribution is -0.137. The molecule has 1 aromatic carbocycles. The van der Waals surface area contributed by atoms with Gasteiger partial charge in [-0.2, -0.15) is 13.2 Å². The second kappa shape index (κ2) is 5.59. The molecule has 0 aromatic heterocycles. The molecule has 5 nitrogen and oxygen atoms in total. The van der Waals surface area contributed by atoms with Crippen LogP contribution < -0.4 is 16.4 Å². The van der Waals surface area contributed by atoms with Crippen LogP contribution in [-0.4, -0.2) is 17.9 Å². The average molecular weight is 274 g/mol. The Morgan fingerprint density at radius 2 is 2.05 bits per heavy atom. The number of hydrogen-bond acceptors (Lipinski definition) is 2. The van der Waals surface area contributed by atoms with E-state index in [0.29, 0.717) is 0 Å². The number of halogens is 3. The molecule has 0 heterocycles. The normalized spacial score (nSPS) is 12.6. The van der Waals surface area contributed by atoms with Gasteiger partial charge in [0.25, 0.3) is 0 Å². The van der Waals surface area contributed by atoms with Crippen LogP contribution in [0.3, 0.4) is 0 Å². The van der Waals surface area contributed by atoms with Gasteiger partial charge in [-0.25, -0.2) is 4.79 Å². The fourth-order valence-corrected chi connectivity index (χ4v) is 1.21. The quantitative estimate of drug-likeness (QED) is 0.502. The summed E-state index contributed by atoms with van der Waals surface area (Å²) in [4.78, 5) is 11.4. The van der Waals surface area contributed by atoms with Crippen molar-refractivity contribution in [3.63, 3.8) is 0 Å². The smallest absolute Gasteiger partial charge is 0.386 e. The van der Waals surface area contributed by atoms with Crippen LogP contribution in [0.25, 0.3) is 0 Å². The summed E-state index contributed by atoms with van der Waals surface area (Å²) < 4.78 is 37.3. The second-order valence-electron chi connectivity index (χ2n) is 3.85. The van der Waals surface area contributed by atoms with E-state index in [9.17, 15) is 18.0 Å². The number of amidine groups is 1. The predicted molar refractivity (Wildman–Crippen MR) is 65.0 cm³/mol. The van der Waals surface area contributed by atoms with Gasteiger partial charge in [0.05, 0.1) is 11.6 Å². The molecule has 104 valence electrons. The van der Waals surface area contributed by atoms with E-state index in [1.165, 1.54) is 19.1 Å². The monoisotopic (exact) mass is 274 g/mol. The van der Waals surface area contributed by atoms with Crippen molar-refractivity contribution in [1.82, 2.24) is 5.32 Å². The molecule has 0 spiro atoms. The first-order valence-electron chi connectivity index (χ1n) is 5.29. The number of urea groups is 1. The van der Waals surface area contributed by atoms with Crippen molar-refractivity contribution >= 4 is 17.6 Å². The first-order chi connectivity index (χ1) is 8.70. The second-order valence-corrected chi connectivity index (χ2v) is 3.85. The Hall–Kier alpha value is -2.25. The van der Waals surface area contributed by atoms with Gasteiger partial charge in [-0.3, -0.25) is 5.41 Å². The number of anilines is 1. The van der Waals surface area contributed by atoms with Crippen molar-refractivity contribution in [2.24, 2.45) is 5.73 Å². The number of alkyl halides is 3. The van der Waals surface area contributed by atoms with Gasteiger partial charge >= 0.3 is 12.2 Å². The number of carbonyl (C=O) groups excluding carboxylic acids is 1. The van der Waals surface area contributed by atoms with Crippen molar-refractivity contribution in [2.45, 2.75) is 19.1 Å². The van der Waals surface area contributed by atoms with Crippen LogP contribution in [0.15, 0.2) is 24.3 Å². The summed E-state index contributed by atoms with van der Waals surface area (Å²) in [5, 5.41) is 11.6. The maximum atomic E-state index is 12.4. The van der Waals surface area contributed by atoms with E-state index >= 15 is 0 Å². The van der Waals surface area contributed by atoms with Gasteiger partial charge in [-0.15, -0.1) is 0 Å². The summed E-state index contributed by atoms with van der Waals surface area (Å²) in [6, 6.07) is 2.80. The highest BCUT2D eigenvalue weighted by molar-refractivity contribution is 5.93. The Morgan fingerprint density at radius 3 is 2.58 bits per heavy atom. The molecule has 0 saturated heterocycles. The number of rotatable bonds is 3. The highest BCUT2D eigenvalue weighted by Gasteiger charge is 2.30. The number of hydrogen-bond donors (Lipinski definition) is 4. The lowest BCUT2D eigenvalue weighted by Crippen LogP contribution is -2.43. The molecule has 0 radical (unpaired) electrons. The van der Waals surface area contributed by atoms with E-state index in [1.807, 2.05) is 0 Å². The van der Waals surface area contributed by atoms with Crippen molar-refractivity contribution in [2.75, 3.05) is 5.32 Å². The van der Waals surface area contributed by atoms with Crippen LogP contribution in [0.1, 0.15) is 12.5 Å². The summed E-state index contributed by atoms with van der Waals surface area (Å²) in [5.41, 5.74) is 4.30. The molecule has 0 fully saturated rings. The minimum atomic E-state index is -4.47. The van der Waals surface area contributed by atoms with E-state index < -0.39 is 23.8 Å². The average Bonchev–Trinajstić information content (AvgIpc) is 2.27. The van der Waals surface area contributed by atoms with Crippen LogP contribution in [-0.2, 0) is 6.18 Å². The lowest BCUT2D eigenvalue weighted by atomic mass is 10.2. The number of benzene rings is 1. The molecular weight excluding hydrogens is 261 g/mol. The van der Waals surface area contributed by atoms with Gasteiger partial charge < -0.3 is 16.4 Å². The molecule has 8 heteroatoms. The third-order valence-corrected chi connectivity index (χ3v) is 2.26. The van der Waals surface area contributed by atoms with Crippen molar-refractivity contribution in [3.05, 3.63) is 29.8 Å². The number of amides is 2. The summed E-state index contributed by atoms with van der Waals surface area (Å²) >= 11 is 0. The fourth-order valence-electron chi connectivity index (χ4n) is 1.21. The zero-order valence-corrected chi connectivity index (χ0v) is 10.0. The van der Waals surface area contributed by atoms with Gasteiger partial charge in [0, 0.05) is 5.69 Å². The van der Waals surface area contributed by atoms with Gasteiger partial charge in [-0.05, 0) is 25.1 Å². The van der Waals surface area contributed by atoms with Gasteiger partial charge in [0.1, 0.15) is 5.84 Å². The molecule has 1 aromatic rings. The Bertz CT molecular complexity index is 487. The van der Waals surface area contributed by atoms with Crippen molar-refractivity contribution < 1.29 is 18.0 Å². The standard InChI is InChI=1S/C11H13F3N4O/c1-6(9(15)16)17-10(19)18-8-4-2-3-7(5-8)11(12,13)14/h2-6H,1H3,(H3,15,16)(H2,17,18,19). The van der Waals surface area contributed by atoms with E-state index in [4.69, 9.17) is 11.1 Å². The van der Waals surface area contributed by atoms with Crippen LogP contribution in [0.4, 0.5) is 23.7 Å². The molecule has 19 heavy (non-hydrogen) atoms. The Morgan fingerprint density at radius 1 is 1.42 bits per heavy atom. The molecule has 2 amide bonds. The molecule has 5 N–H and O–H groups in total. The highest BCUT2D eigenvalue weighted by atomic mass is 19.4. The number of carbonyl (C=O) groups is 1. The molecule has 1 rings (SSSR count). The van der Waals surface area contributed by atoms with E-state index in [0.717, 1.165) is 12.1 Å². The third-order valence-electron chi connectivity index (χ3n) is 2.26. The molecule has 1 atom stereocenters. The molecule has 1 unspecified atom stereocenters. The SMILES string of the molecule is CC(NC(=O)Nc1cccc(C(F)(F)F)c1)C(=N)N. The van der Waals surface area contributed by atoms with Gasteiger partial charge in [-0.1, -0.05) is 6.07 Å². The first-order valence-corrected chi connectivity index (χ1v) is 5.29. The number of nitrogens with one attached hydrogen (secondary N) is 3. The molecule has 0 bridgehead atoms. The number of nitrogens with two attached hydrogens (primary N) is 1. The summed E-state index contributed by atoms with van der Waals surface area (Å²) in [5.74, 6) is -0.251. The molecule has 0 aliphatic heterocycles. The topological polar surface area (TPSA) is 91.0 Å².